The number of esters is 1. The van der Waals surface area contributed by atoms with Crippen LogP contribution in [0.4, 0.5) is 11.4 Å². The third kappa shape index (κ3) is 4.30. The van der Waals surface area contributed by atoms with Crippen molar-refractivity contribution in [2.75, 3.05) is 16.2 Å². The molecule has 1 heterocycles. The van der Waals surface area contributed by atoms with Gasteiger partial charge in [0.2, 0.25) is 5.91 Å². The van der Waals surface area contributed by atoms with Gasteiger partial charge < -0.3 is 9.64 Å². The van der Waals surface area contributed by atoms with Crippen LogP contribution in [0.1, 0.15) is 36.7 Å². The van der Waals surface area contributed by atoms with Crippen LogP contribution in [0.5, 0.6) is 0 Å². The molecule has 1 unspecified atom stereocenters. The monoisotopic (exact) mass is 480 g/mol. The van der Waals surface area contributed by atoms with E-state index < -0.39 is 16.0 Å². The highest BCUT2D eigenvalue weighted by molar-refractivity contribution is 9.10. The highest BCUT2D eigenvalue weighted by Gasteiger charge is 2.35. The van der Waals surface area contributed by atoms with E-state index in [4.69, 9.17) is 4.74 Å². The molecule has 1 N–H and O–H groups in total. The third-order valence-electron chi connectivity index (χ3n) is 4.57. The van der Waals surface area contributed by atoms with Crippen LogP contribution in [0.15, 0.2) is 45.8 Å². The molecule has 1 amide bonds. The van der Waals surface area contributed by atoms with Crippen molar-refractivity contribution in [3.05, 3.63) is 52.0 Å². The molecular formula is C20H21BrN2O5S. The van der Waals surface area contributed by atoms with Crippen LogP contribution in [-0.4, -0.2) is 32.9 Å². The Morgan fingerprint density at radius 3 is 2.66 bits per heavy atom. The van der Waals surface area contributed by atoms with Crippen molar-refractivity contribution in [3.8, 4) is 0 Å². The zero-order valence-electron chi connectivity index (χ0n) is 16.2. The minimum absolute atomic E-state index is 0.00274. The summed E-state index contributed by atoms with van der Waals surface area (Å²) in [6, 6.07) is 9.24. The summed E-state index contributed by atoms with van der Waals surface area (Å²) in [5.41, 5.74) is 1.64. The average Bonchev–Trinajstić information content (AvgIpc) is 2.96. The van der Waals surface area contributed by atoms with Gasteiger partial charge in [-0.15, -0.1) is 0 Å². The number of anilines is 2. The van der Waals surface area contributed by atoms with Gasteiger partial charge in [0.05, 0.1) is 17.9 Å². The molecule has 7 nitrogen and oxygen atoms in total. The molecule has 0 saturated carbocycles. The van der Waals surface area contributed by atoms with E-state index in [-0.39, 0.29) is 34.7 Å². The van der Waals surface area contributed by atoms with Crippen molar-refractivity contribution in [1.82, 2.24) is 0 Å². The zero-order chi connectivity index (χ0) is 21.3. The van der Waals surface area contributed by atoms with Gasteiger partial charge in [-0.25, -0.2) is 13.2 Å². The van der Waals surface area contributed by atoms with Crippen molar-refractivity contribution < 1.29 is 22.7 Å². The van der Waals surface area contributed by atoms with E-state index in [1.54, 1.807) is 25.1 Å². The van der Waals surface area contributed by atoms with E-state index >= 15 is 0 Å². The minimum Gasteiger partial charge on any atom is -0.462 e. The lowest BCUT2D eigenvalue weighted by atomic mass is 10.1. The number of amides is 1. The van der Waals surface area contributed by atoms with Crippen molar-refractivity contribution in [2.24, 2.45) is 0 Å². The molecule has 154 valence electrons. The van der Waals surface area contributed by atoms with Gasteiger partial charge in [-0.05, 0) is 56.2 Å². The molecule has 3 rings (SSSR count). The summed E-state index contributed by atoms with van der Waals surface area (Å²) in [6.45, 7) is 5.21. The normalized spacial score (nSPS) is 15.7. The highest BCUT2D eigenvalue weighted by atomic mass is 79.9. The van der Waals surface area contributed by atoms with Crippen LogP contribution in [0.3, 0.4) is 0 Å². The van der Waals surface area contributed by atoms with Crippen LogP contribution >= 0.6 is 15.9 Å². The lowest BCUT2D eigenvalue weighted by molar-refractivity contribution is -0.116. The van der Waals surface area contributed by atoms with E-state index in [0.29, 0.717) is 16.6 Å². The number of carbonyl (C=O) groups excluding carboxylic acids is 2. The van der Waals surface area contributed by atoms with Crippen LogP contribution in [-0.2, 0) is 26.0 Å². The molecule has 0 spiro atoms. The van der Waals surface area contributed by atoms with E-state index in [1.807, 2.05) is 13.0 Å². The number of fused-ring (bicyclic) bond motifs is 1. The first-order valence-electron chi connectivity index (χ1n) is 9.06. The van der Waals surface area contributed by atoms with E-state index in [9.17, 15) is 18.0 Å². The number of rotatable bonds is 5. The fraction of sp³-hybridized carbons (Fsp3) is 0.300. The molecule has 1 aliphatic heterocycles. The second kappa shape index (κ2) is 8.16. The number of nitrogens with one attached hydrogen (secondary N) is 1. The van der Waals surface area contributed by atoms with Crippen molar-refractivity contribution in [3.63, 3.8) is 0 Å². The Bertz CT molecular complexity index is 1080. The third-order valence-corrected chi connectivity index (χ3v) is 6.42. The van der Waals surface area contributed by atoms with Crippen LogP contribution < -0.4 is 9.62 Å². The number of nitrogens with zero attached hydrogens (tertiary/aromatic N) is 1. The van der Waals surface area contributed by atoms with Gasteiger partial charge in [-0.1, -0.05) is 22.0 Å². The van der Waals surface area contributed by atoms with Gasteiger partial charge in [0, 0.05) is 23.1 Å². The molecule has 1 atom stereocenters. The smallest absolute Gasteiger partial charge is 0.338 e. The van der Waals surface area contributed by atoms with Crippen LogP contribution in [0, 0.1) is 0 Å². The second-order valence-corrected chi connectivity index (χ2v) is 9.33. The molecule has 29 heavy (non-hydrogen) atoms. The Morgan fingerprint density at radius 2 is 2.00 bits per heavy atom. The number of carbonyl (C=O) groups is 2. The summed E-state index contributed by atoms with van der Waals surface area (Å²) in [5, 5.41) is 0. The molecular weight excluding hydrogens is 460 g/mol. The maximum absolute atomic E-state index is 13.2. The minimum atomic E-state index is -4.03. The number of hydrogen-bond donors (Lipinski definition) is 1. The number of benzene rings is 2. The lowest BCUT2D eigenvalue weighted by Crippen LogP contribution is -2.34. The predicted molar refractivity (Wildman–Crippen MR) is 114 cm³/mol. The Kier molecular flexibility index (Phi) is 6.00. The molecule has 0 aliphatic carbocycles. The van der Waals surface area contributed by atoms with Gasteiger partial charge in [0.1, 0.15) is 4.90 Å². The fourth-order valence-corrected chi connectivity index (χ4v) is 5.46. The maximum Gasteiger partial charge on any atom is 0.338 e. The molecule has 1 aliphatic rings. The number of hydrogen-bond acceptors (Lipinski definition) is 5. The van der Waals surface area contributed by atoms with Gasteiger partial charge in [0.25, 0.3) is 10.0 Å². The first-order valence-corrected chi connectivity index (χ1v) is 11.3. The van der Waals surface area contributed by atoms with Gasteiger partial charge >= 0.3 is 5.97 Å². The Morgan fingerprint density at radius 1 is 1.28 bits per heavy atom. The molecule has 0 fully saturated rings. The lowest BCUT2D eigenvalue weighted by Gasteiger charge is -2.23. The maximum atomic E-state index is 13.2. The average molecular weight is 481 g/mol. The van der Waals surface area contributed by atoms with Crippen molar-refractivity contribution >= 4 is 49.2 Å². The Balaban J connectivity index is 2.03. The summed E-state index contributed by atoms with van der Waals surface area (Å²) in [6.07, 6.45) is 0.565. The summed E-state index contributed by atoms with van der Waals surface area (Å²) in [5.74, 6) is -0.757. The standard InChI is InChI=1S/C20H21BrN2O5S/c1-4-28-20(25)14-6-5-7-17(10-14)22-29(26,27)18-11-16(21)9-15-8-12(2)23(13(3)24)19(15)18/h5-7,9-12,22H,4,8H2,1-3H3. The van der Waals surface area contributed by atoms with Crippen molar-refractivity contribution in [1.29, 1.82) is 0 Å². The molecule has 2 aromatic rings. The molecule has 9 heteroatoms. The summed E-state index contributed by atoms with van der Waals surface area (Å²) in [4.78, 5) is 25.6. The molecule has 2 aromatic carbocycles. The first-order chi connectivity index (χ1) is 13.6. The zero-order valence-corrected chi connectivity index (χ0v) is 18.6. The van der Waals surface area contributed by atoms with Gasteiger partial charge in [-0.2, -0.15) is 0 Å². The number of ether oxygens (including phenoxy) is 1. The summed E-state index contributed by atoms with van der Waals surface area (Å²) in [7, 11) is -4.03. The van der Waals surface area contributed by atoms with Gasteiger partial charge in [-0.3, -0.25) is 9.52 Å². The number of sulfonamides is 1. The number of halogens is 1. The highest BCUT2D eigenvalue weighted by Crippen LogP contribution is 2.40. The molecule has 0 bridgehead atoms. The fourth-order valence-electron chi connectivity index (χ4n) is 3.49. The van der Waals surface area contributed by atoms with E-state index in [0.717, 1.165) is 5.56 Å². The SMILES string of the molecule is CCOC(=O)c1cccc(NS(=O)(=O)c2cc(Br)cc3c2N(C(C)=O)C(C)C3)c1. The van der Waals surface area contributed by atoms with Crippen molar-refractivity contribution in [2.45, 2.75) is 38.1 Å². The summed E-state index contributed by atoms with van der Waals surface area (Å²) >= 11 is 3.36. The molecule has 0 aromatic heterocycles. The van der Waals surface area contributed by atoms with Crippen LogP contribution in [0.2, 0.25) is 0 Å². The second-order valence-electron chi connectivity index (χ2n) is 6.76. The largest absolute Gasteiger partial charge is 0.462 e. The topological polar surface area (TPSA) is 92.8 Å². The Hall–Kier alpha value is -2.39. The quantitative estimate of drug-likeness (QED) is 0.658. The Labute approximate surface area is 178 Å². The van der Waals surface area contributed by atoms with Crippen LogP contribution in [0.25, 0.3) is 0 Å². The first kappa shape index (κ1) is 21.3. The summed E-state index contributed by atoms with van der Waals surface area (Å²) < 4.78 is 34.5. The predicted octanol–water partition coefficient (Wildman–Crippen LogP) is 3.72. The molecule has 0 saturated heterocycles. The van der Waals surface area contributed by atoms with E-state index in [1.165, 1.54) is 24.0 Å². The van der Waals surface area contributed by atoms with Gasteiger partial charge in [0.15, 0.2) is 0 Å². The molecule has 0 radical (unpaired) electrons. The van der Waals surface area contributed by atoms with E-state index in [2.05, 4.69) is 20.7 Å².